The van der Waals surface area contributed by atoms with Crippen molar-refractivity contribution in [2.75, 3.05) is 6.61 Å². The van der Waals surface area contributed by atoms with Gasteiger partial charge >= 0.3 is 0 Å². The minimum absolute atomic E-state index is 0.0978. The number of nitrogens with two attached hydrogens (primary N) is 1. The van der Waals surface area contributed by atoms with E-state index in [4.69, 9.17) is 10.5 Å². The van der Waals surface area contributed by atoms with E-state index in [0.29, 0.717) is 6.61 Å². The van der Waals surface area contributed by atoms with Crippen LogP contribution in [0.4, 0.5) is 0 Å². The van der Waals surface area contributed by atoms with E-state index < -0.39 is 6.10 Å². The van der Waals surface area contributed by atoms with Gasteiger partial charge in [0.2, 0.25) is 5.91 Å². The lowest BCUT2D eigenvalue weighted by Crippen LogP contribution is -2.48. The molecule has 0 radical (unpaired) electrons. The van der Waals surface area contributed by atoms with Crippen molar-refractivity contribution in [3.05, 3.63) is 0 Å². The molecular weight excluding hydrogens is 204 g/mol. The Bertz CT molecular complexity index is 232. The molecule has 0 fully saturated rings. The molecule has 0 heterocycles. The molecule has 0 bridgehead atoms. The molecule has 16 heavy (non-hydrogen) atoms. The second-order valence-corrected chi connectivity index (χ2v) is 5.70. The lowest BCUT2D eigenvalue weighted by molar-refractivity contribution is -0.134. The summed E-state index contributed by atoms with van der Waals surface area (Å²) >= 11 is 0. The average Bonchev–Trinajstić information content (AvgIpc) is 2.11. The summed E-state index contributed by atoms with van der Waals surface area (Å²) in [4.78, 5) is 11.7. The molecule has 3 N–H and O–H groups in total. The normalized spacial score (nSPS) is 17.7. The van der Waals surface area contributed by atoms with Gasteiger partial charge in [-0.2, -0.15) is 0 Å². The van der Waals surface area contributed by atoms with Crippen LogP contribution in [0.15, 0.2) is 0 Å². The number of amides is 1. The van der Waals surface area contributed by atoms with E-state index in [0.717, 1.165) is 6.42 Å². The summed E-state index contributed by atoms with van der Waals surface area (Å²) in [6.07, 6.45) is 0.356. The Balaban J connectivity index is 4.08. The van der Waals surface area contributed by atoms with Gasteiger partial charge in [-0.1, -0.05) is 6.92 Å². The lowest BCUT2D eigenvalue weighted by Gasteiger charge is -2.27. The predicted molar refractivity (Wildman–Crippen MR) is 66.2 cm³/mol. The third kappa shape index (κ3) is 6.80. The van der Waals surface area contributed by atoms with Crippen LogP contribution in [-0.2, 0) is 9.53 Å². The first kappa shape index (κ1) is 15.4. The highest BCUT2D eigenvalue weighted by Gasteiger charge is 2.23. The van der Waals surface area contributed by atoms with E-state index in [1.165, 1.54) is 0 Å². The van der Waals surface area contributed by atoms with Gasteiger partial charge in [0.25, 0.3) is 0 Å². The maximum Gasteiger partial charge on any atom is 0.249 e. The molecule has 0 saturated carbocycles. The van der Waals surface area contributed by atoms with Crippen molar-refractivity contribution in [3.63, 3.8) is 0 Å². The fraction of sp³-hybridized carbons (Fsp3) is 0.917. The molecule has 0 aliphatic rings. The van der Waals surface area contributed by atoms with Crippen LogP contribution >= 0.6 is 0 Å². The van der Waals surface area contributed by atoms with Gasteiger partial charge < -0.3 is 15.8 Å². The molecule has 0 aliphatic carbocycles. The summed E-state index contributed by atoms with van der Waals surface area (Å²) < 4.78 is 5.47. The number of ether oxygens (including phenoxy) is 1. The average molecular weight is 230 g/mol. The van der Waals surface area contributed by atoms with E-state index >= 15 is 0 Å². The van der Waals surface area contributed by atoms with E-state index in [2.05, 4.69) is 5.32 Å². The van der Waals surface area contributed by atoms with Crippen LogP contribution in [0.1, 0.15) is 48.0 Å². The summed E-state index contributed by atoms with van der Waals surface area (Å²) in [5.74, 6) is -0.0978. The van der Waals surface area contributed by atoms with Crippen LogP contribution in [0.25, 0.3) is 0 Å². The van der Waals surface area contributed by atoms with Crippen LogP contribution in [0, 0.1) is 0 Å². The second-order valence-electron chi connectivity index (χ2n) is 5.70. The van der Waals surface area contributed by atoms with Gasteiger partial charge in [-0.15, -0.1) is 0 Å². The summed E-state index contributed by atoms with van der Waals surface area (Å²) in [7, 11) is 0. The first-order chi connectivity index (χ1) is 7.07. The Morgan fingerprint density at radius 3 is 2.25 bits per heavy atom. The quantitative estimate of drug-likeness (QED) is 0.751. The molecule has 0 aliphatic heterocycles. The zero-order valence-electron chi connectivity index (χ0n) is 11.4. The number of carbonyl (C=O) groups is 1. The number of nitrogens with one attached hydrogen (secondary N) is 1. The van der Waals surface area contributed by atoms with Gasteiger partial charge in [-0.05, 0) is 41.0 Å². The molecule has 96 valence electrons. The molecule has 2 atom stereocenters. The summed E-state index contributed by atoms with van der Waals surface area (Å²) in [6.45, 7) is 11.9. The smallest absolute Gasteiger partial charge is 0.249 e. The van der Waals surface area contributed by atoms with Crippen molar-refractivity contribution in [3.8, 4) is 0 Å². The Labute approximate surface area is 98.9 Å². The lowest BCUT2D eigenvalue weighted by atomic mass is 10.0. The number of carbonyl (C=O) groups excluding carboxylic acids is 1. The molecule has 0 aromatic heterocycles. The molecule has 2 unspecified atom stereocenters. The van der Waals surface area contributed by atoms with E-state index in [9.17, 15) is 4.79 Å². The van der Waals surface area contributed by atoms with Gasteiger partial charge in [-0.3, -0.25) is 4.79 Å². The number of rotatable bonds is 5. The molecule has 4 nitrogen and oxygen atoms in total. The fourth-order valence-corrected chi connectivity index (χ4v) is 0.964. The van der Waals surface area contributed by atoms with Crippen LogP contribution in [0.3, 0.4) is 0 Å². The number of hydrogen-bond donors (Lipinski definition) is 2. The van der Waals surface area contributed by atoms with Crippen LogP contribution in [-0.4, -0.2) is 29.7 Å². The summed E-state index contributed by atoms with van der Waals surface area (Å²) in [6, 6.07) is 0. The van der Waals surface area contributed by atoms with E-state index in [1.54, 1.807) is 6.92 Å². The molecule has 0 aromatic carbocycles. The first-order valence-electron chi connectivity index (χ1n) is 5.80. The molecular formula is C12H26N2O2. The molecule has 4 heteroatoms. The van der Waals surface area contributed by atoms with Gasteiger partial charge in [-0.25, -0.2) is 0 Å². The van der Waals surface area contributed by atoms with Gasteiger partial charge in [0.05, 0.1) is 6.61 Å². The van der Waals surface area contributed by atoms with Gasteiger partial charge in [0.1, 0.15) is 6.10 Å². The first-order valence-corrected chi connectivity index (χ1v) is 5.80. The summed E-state index contributed by atoms with van der Waals surface area (Å²) in [5, 5.41) is 2.87. The van der Waals surface area contributed by atoms with Crippen molar-refractivity contribution in [2.45, 2.75) is 65.1 Å². The standard InChI is InChI=1S/C12H26N2O2/c1-7-12(6,13)8-16-9(2)10(15)14-11(3,4)5/h9H,7-8,13H2,1-6H3,(H,14,15). The number of hydrogen-bond acceptors (Lipinski definition) is 3. The SMILES string of the molecule is CCC(C)(N)COC(C)C(=O)NC(C)(C)C. The largest absolute Gasteiger partial charge is 0.367 e. The highest BCUT2D eigenvalue weighted by atomic mass is 16.5. The fourth-order valence-electron chi connectivity index (χ4n) is 0.964. The van der Waals surface area contributed by atoms with Crippen molar-refractivity contribution >= 4 is 5.91 Å². The van der Waals surface area contributed by atoms with Gasteiger partial charge in [0, 0.05) is 11.1 Å². The van der Waals surface area contributed by atoms with Crippen LogP contribution in [0.2, 0.25) is 0 Å². The predicted octanol–water partition coefficient (Wildman–Crippen LogP) is 1.43. The van der Waals surface area contributed by atoms with Gasteiger partial charge in [0.15, 0.2) is 0 Å². The Hall–Kier alpha value is -0.610. The Kier molecular flexibility index (Phi) is 5.42. The second kappa shape index (κ2) is 5.64. The topological polar surface area (TPSA) is 64.3 Å². The monoisotopic (exact) mass is 230 g/mol. The van der Waals surface area contributed by atoms with Crippen LogP contribution < -0.4 is 11.1 Å². The Morgan fingerprint density at radius 1 is 1.38 bits per heavy atom. The zero-order valence-corrected chi connectivity index (χ0v) is 11.4. The zero-order chi connectivity index (χ0) is 13.0. The van der Waals surface area contributed by atoms with E-state index in [1.807, 2.05) is 34.6 Å². The minimum atomic E-state index is -0.464. The van der Waals surface area contributed by atoms with E-state index in [-0.39, 0.29) is 17.0 Å². The summed E-state index contributed by atoms with van der Waals surface area (Å²) in [5.41, 5.74) is 5.34. The van der Waals surface area contributed by atoms with Crippen molar-refractivity contribution in [1.29, 1.82) is 0 Å². The Morgan fingerprint density at radius 2 is 1.88 bits per heavy atom. The van der Waals surface area contributed by atoms with Crippen LogP contribution in [0.5, 0.6) is 0 Å². The van der Waals surface area contributed by atoms with Crippen molar-refractivity contribution < 1.29 is 9.53 Å². The highest BCUT2D eigenvalue weighted by Crippen LogP contribution is 2.07. The minimum Gasteiger partial charge on any atom is -0.367 e. The maximum atomic E-state index is 11.7. The maximum absolute atomic E-state index is 11.7. The molecule has 1 amide bonds. The molecule has 0 saturated heterocycles. The highest BCUT2D eigenvalue weighted by molar-refractivity contribution is 5.80. The molecule has 0 aromatic rings. The third-order valence-corrected chi connectivity index (χ3v) is 2.34. The third-order valence-electron chi connectivity index (χ3n) is 2.34. The van der Waals surface area contributed by atoms with Crippen molar-refractivity contribution in [2.24, 2.45) is 5.73 Å². The molecule has 0 spiro atoms. The molecule has 0 rings (SSSR count). The van der Waals surface area contributed by atoms with Crippen molar-refractivity contribution in [1.82, 2.24) is 5.32 Å².